The number of para-hydroxylation sites is 2. The molecule has 0 aliphatic carbocycles. The molecule has 1 fully saturated rings. The van der Waals surface area contributed by atoms with Gasteiger partial charge in [-0.3, -0.25) is 0 Å². The lowest BCUT2D eigenvalue weighted by Crippen LogP contribution is -2.41. The molecule has 1 atom stereocenters. The molecule has 0 radical (unpaired) electrons. The van der Waals surface area contributed by atoms with Crippen molar-refractivity contribution < 1.29 is 9.53 Å². The largest absolute Gasteiger partial charge is 0.471 e. The van der Waals surface area contributed by atoms with Crippen molar-refractivity contribution in [1.82, 2.24) is 20.2 Å². The van der Waals surface area contributed by atoms with Crippen molar-refractivity contribution in [3.05, 3.63) is 102 Å². The van der Waals surface area contributed by atoms with Gasteiger partial charge in [0, 0.05) is 13.0 Å². The molecule has 1 unspecified atom stereocenters. The first-order valence-electron chi connectivity index (χ1n) is 10.8. The van der Waals surface area contributed by atoms with E-state index >= 15 is 0 Å². The molecule has 0 spiro atoms. The van der Waals surface area contributed by atoms with Gasteiger partial charge in [-0.2, -0.15) is 0 Å². The summed E-state index contributed by atoms with van der Waals surface area (Å²) in [5.74, 6) is 0.488. The van der Waals surface area contributed by atoms with E-state index in [1.165, 1.54) is 0 Å². The second-order valence-corrected chi connectivity index (χ2v) is 7.88. The van der Waals surface area contributed by atoms with Gasteiger partial charge in [0.05, 0.1) is 29.8 Å². The van der Waals surface area contributed by atoms with E-state index < -0.39 is 0 Å². The quantitative estimate of drug-likeness (QED) is 0.509. The van der Waals surface area contributed by atoms with Crippen LogP contribution in [0.4, 0.5) is 4.79 Å². The van der Waals surface area contributed by atoms with Gasteiger partial charge in [0.15, 0.2) is 0 Å². The Morgan fingerprint density at radius 1 is 0.906 bits per heavy atom. The van der Waals surface area contributed by atoms with Crippen molar-refractivity contribution in [3.8, 4) is 5.88 Å². The molecule has 0 saturated carbocycles. The van der Waals surface area contributed by atoms with Gasteiger partial charge in [-0.25, -0.2) is 14.8 Å². The van der Waals surface area contributed by atoms with Crippen molar-refractivity contribution >= 4 is 17.1 Å². The minimum Gasteiger partial charge on any atom is -0.471 e. The number of hydrogen-bond acceptors (Lipinski definition) is 4. The number of benzene rings is 3. The first-order valence-corrected chi connectivity index (χ1v) is 10.8. The van der Waals surface area contributed by atoms with E-state index in [4.69, 9.17) is 4.74 Å². The first kappa shape index (κ1) is 20.0. The fourth-order valence-corrected chi connectivity index (χ4v) is 4.04. The Morgan fingerprint density at radius 2 is 1.53 bits per heavy atom. The maximum atomic E-state index is 13.1. The average molecular weight is 425 g/mol. The third kappa shape index (κ3) is 4.39. The Labute approximate surface area is 186 Å². The molecule has 1 saturated heterocycles. The molecule has 1 aromatic heterocycles. The zero-order valence-corrected chi connectivity index (χ0v) is 17.6. The van der Waals surface area contributed by atoms with E-state index in [-0.39, 0.29) is 18.2 Å². The third-order valence-electron chi connectivity index (χ3n) is 5.68. The number of amides is 2. The fraction of sp³-hybridized carbons (Fsp3) is 0.192. The SMILES string of the molecule is O=C(NC(c1ccccc1)c1ccccc1)N1CCC(Oc2cnc3ccccc3n2)C1. The summed E-state index contributed by atoms with van der Waals surface area (Å²) >= 11 is 0. The maximum absolute atomic E-state index is 13.1. The zero-order chi connectivity index (χ0) is 21.8. The second-order valence-electron chi connectivity index (χ2n) is 7.88. The molecule has 1 aliphatic heterocycles. The lowest BCUT2D eigenvalue weighted by atomic mass is 9.99. The Balaban J connectivity index is 1.26. The summed E-state index contributed by atoms with van der Waals surface area (Å²) in [6.45, 7) is 1.14. The number of carbonyl (C=O) groups excluding carboxylic acids is 1. The van der Waals surface area contributed by atoms with Gasteiger partial charge in [0.2, 0.25) is 5.88 Å². The number of aromatic nitrogens is 2. The molecular weight excluding hydrogens is 400 g/mol. The molecule has 1 aliphatic rings. The fourth-order valence-electron chi connectivity index (χ4n) is 4.04. The molecule has 4 aromatic rings. The topological polar surface area (TPSA) is 67.4 Å². The molecular formula is C26H24N4O2. The number of nitrogens with zero attached hydrogens (tertiary/aromatic N) is 3. The van der Waals surface area contributed by atoms with Crippen LogP contribution in [0.15, 0.2) is 91.1 Å². The van der Waals surface area contributed by atoms with Gasteiger partial charge >= 0.3 is 6.03 Å². The number of carbonyl (C=O) groups is 1. The number of urea groups is 1. The highest BCUT2D eigenvalue weighted by Crippen LogP contribution is 2.23. The molecule has 0 bridgehead atoms. The minimum absolute atomic E-state index is 0.0987. The van der Waals surface area contributed by atoms with Crippen molar-refractivity contribution in [2.24, 2.45) is 0 Å². The van der Waals surface area contributed by atoms with E-state index in [0.29, 0.717) is 19.0 Å². The van der Waals surface area contributed by atoms with Crippen molar-refractivity contribution in [3.63, 3.8) is 0 Å². The van der Waals surface area contributed by atoms with Crippen LogP contribution in [0.2, 0.25) is 0 Å². The smallest absolute Gasteiger partial charge is 0.318 e. The van der Waals surface area contributed by atoms with Crippen LogP contribution >= 0.6 is 0 Å². The number of hydrogen-bond donors (Lipinski definition) is 1. The highest BCUT2D eigenvalue weighted by molar-refractivity contribution is 5.76. The molecule has 6 heteroatoms. The standard InChI is InChI=1S/C26H24N4O2/c31-26(29-25(19-9-3-1-4-10-19)20-11-5-2-6-12-20)30-16-15-21(18-30)32-24-17-27-22-13-7-8-14-23(22)28-24/h1-14,17,21,25H,15-16,18H2,(H,29,31). The van der Waals surface area contributed by atoms with Crippen LogP contribution in [0, 0.1) is 0 Å². The van der Waals surface area contributed by atoms with Gasteiger partial charge < -0.3 is 15.0 Å². The molecule has 32 heavy (non-hydrogen) atoms. The van der Waals surface area contributed by atoms with Crippen LogP contribution < -0.4 is 10.1 Å². The Morgan fingerprint density at radius 3 is 2.22 bits per heavy atom. The molecule has 3 aromatic carbocycles. The Kier molecular flexibility index (Phi) is 5.66. The van der Waals surface area contributed by atoms with Gasteiger partial charge in [0.1, 0.15) is 6.10 Å². The Hall–Kier alpha value is -3.93. The minimum atomic E-state index is -0.212. The average Bonchev–Trinajstić information content (AvgIpc) is 3.32. The lowest BCUT2D eigenvalue weighted by molar-refractivity contribution is 0.182. The predicted octanol–water partition coefficient (Wildman–Crippen LogP) is 4.58. The van der Waals surface area contributed by atoms with E-state index in [2.05, 4.69) is 15.3 Å². The molecule has 5 rings (SSSR count). The van der Waals surface area contributed by atoms with Gasteiger partial charge in [0.25, 0.3) is 0 Å². The summed E-state index contributed by atoms with van der Waals surface area (Å²) in [6, 6.07) is 27.4. The summed E-state index contributed by atoms with van der Waals surface area (Å²) < 4.78 is 6.04. The third-order valence-corrected chi connectivity index (χ3v) is 5.68. The normalized spacial score (nSPS) is 15.8. The van der Waals surface area contributed by atoms with Crippen LogP contribution in [0.3, 0.4) is 0 Å². The molecule has 2 amide bonds. The number of rotatable bonds is 5. The first-order chi connectivity index (χ1) is 15.8. The summed E-state index contributed by atoms with van der Waals surface area (Å²) in [5.41, 5.74) is 3.72. The van der Waals surface area contributed by atoms with E-state index in [0.717, 1.165) is 28.6 Å². The van der Waals surface area contributed by atoms with Crippen LogP contribution in [-0.2, 0) is 0 Å². The summed E-state index contributed by atoms with van der Waals surface area (Å²) in [7, 11) is 0. The van der Waals surface area contributed by atoms with Crippen LogP contribution in [0.25, 0.3) is 11.0 Å². The van der Waals surface area contributed by atoms with E-state index in [1.54, 1.807) is 11.1 Å². The lowest BCUT2D eigenvalue weighted by Gasteiger charge is -2.24. The summed E-state index contributed by atoms with van der Waals surface area (Å²) in [6.07, 6.45) is 2.29. The summed E-state index contributed by atoms with van der Waals surface area (Å²) in [4.78, 5) is 23.8. The molecule has 6 nitrogen and oxygen atoms in total. The summed E-state index contributed by atoms with van der Waals surface area (Å²) in [5, 5.41) is 3.20. The zero-order valence-electron chi connectivity index (χ0n) is 17.6. The van der Waals surface area contributed by atoms with Crippen LogP contribution in [-0.4, -0.2) is 40.1 Å². The number of fused-ring (bicyclic) bond motifs is 1. The highest BCUT2D eigenvalue weighted by Gasteiger charge is 2.29. The number of nitrogens with one attached hydrogen (secondary N) is 1. The molecule has 160 valence electrons. The van der Waals surface area contributed by atoms with Crippen LogP contribution in [0.1, 0.15) is 23.6 Å². The molecule has 2 heterocycles. The predicted molar refractivity (Wildman–Crippen MR) is 123 cm³/mol. The highest BCUT2D eigenvalue weighted by atomic mass is 16.5. The van der Waals surface area contributed by atoms with Crippen molar-refractivity contribution in [2.45, 2.75) is 18.6 Å². The van der Waals surface area contributed by atoms with E-state index in [9.17, 15) is 4.79 Å². The van der Waals surface area contributed by atoms with Crippen molar-refractivity contribution in [1.29, 1.82) is 0 Å². The van der Waals surface area contributed by atoms with Crippen LogP contribution in [0.5, 0.6) is 5.88 Å². The number of ether oxygens (including phenoxy) is 1. The van der Waals surface area contributed by atoms with Gasteiger partial charge in [-0.05, 0) is 23.3 Å². The monoisotopic (exact) mass is 424 g/mol. The second kappa shape index (κ2) is 9.06. The number of likely N-dealkylation sites (tertiary alicyclic amines) is 1. The van der Waals surface area contributed by atoms with Gasteiger partial charge in [-0.15, -0.1) is 0 Å². The molecule has 1 N–H and O–H groups in total. The van der Waals surface area contributed by atoms with Crippen molar-refractivity contribution in [2.75, 3.05) is 13.1 Å². The maximum Gasteiger partial charge on any atom is 0.318 e. The van der Waals surface area contributed by atoms with Gasteiger partial charge in [-0.1, -0.05) is 72.8 Å². The Bertz CT molecular complexity index is 1160. The van der Waals surface area contributed by atoms with E-state index in [1.807, 2.05) is 84.9 Å².